The van der Waals surface area contributed by atoms with E-state index < -0.39 is 22.9 Å². The number of nitriles is 1. The Morgan fingerprint density at radius 3 is 2.52 bits per heavy atom. The van der Waals surface area contributed by atoms with Crippen LogP contribution in [0, 0.1) is 11.3 Å². The van der Waals surface area contributed by atoms with Gasteiger partial charge < -0.3 is 19.5 Å². The van der Waals surface area contributed by atoms with Crippen molar-refractivity contribution >= 4 is 17.5 Å². The molecule has 1 aliphatic heterocycles. The lowest BCUT2D eigenvalue weighted by Crippen LogP contribution is -2.36. The first-order valence-electron chi connectivity index (χ1n) is 12.3. The summed E-state index contributed by atoms with van der Waals surface area (Å²) in [7, 11) is 2.88. The number of rotatable bonds is 6. The first-order chi connectivity index (χ1) is 19.4. The molecule has 1 saturated heterocycles. The van der Waals surface area contributed by atoms with Gasteiger partial charge in [-0.25, -0.2) is 0 Å². The number of pyridine rings is 1. The number of ether oxygens (including phenoxy) is 2. The molecule has 5 rings (SSSR count). The average molecular weight is 558 g/mol. The predicted octanol–water partition coefficient (Wildman–Crippen LogP) is 4.17. The van der Waals surface area contributed by atoms with Crippen LogP contribution in [0.15, 0.2) is 65.7 Å². The Labute approximate surface area is 234 Å². The summed E-state index contributed by atoms with van der Waals surface area (Å²) in [6, 6.07) is 15.9. The van der Waals surface area contributed by atoms with Crippen LogP contribution in [0.2, 0.25) is 5.02 Å². The number of carbonyl (C=O) groups is 1. The number of likely N-dealkylation sites (tertiary alicyclic amines) is 1. The van der Waals surface area contributed by atoms with Gasteiger partial charge in [0.15, 0.2) is 11.4 Å². The van der Waals surface area contributed by atoms with Gasteiger partial charge in [-0.15, -0.1) is 0 Å². The summed E-state index contributed by atoms with van der Waals surface area (Å²) < 4.78 is 12.2. The van der Waals surface area contributed by atoms with Gasteiger partial charge in [-0.3, -0.25) is 19.1 Å². The summed E-state index contributed by atoms with van der Waals surface area (Å²) in [5, 5.41) is 20.8. The second kappa shape index (κ2) is 11.1. The van der Waals surface area contributed by atoms with Gasteiger partial charge in [0.25, 0.3) is 11.5 Å². The Balaban J connectivity index is 1.66. The number of methoxy groups -OCH3 is 2. The zero-order chi connectivity index (χ0) is 28.4. The Kier molecular flexibility index (Phi) is 7.40. The fourth-order valence-electron chi connectivity index (χ4n) is 5.00. The van der Waals surface area contributed by atoms with E-state index in [4.69, 9.17) is 21.1 Å². The molecule has 0 aliphatic carbocycles. The van der Waals surface area contributed by atoms with Crippen LogP contribution in [0.4, 0.5) is 0 Å². The number of aromatic hydroxyl groups is 1. The zero-order valence-electron chi connectivity index (χ0n) is 21.7. The molecule has 202 valence electrons. The standard InChI is InChI=1S/C29H24ClN5O5/c1-39-22-8-5-9-23(40-2)25(22)35-26(19-12-20(30)15-32-14-19)33-27(36)24(29(35)38)28(37)34-11-10-18(16-34)21-7-4-3-6-17(21)13-31/h3-9,12,14-15,18,36H,10-11,16H2,1-2H3. The predicted molar refractivity (Wildman–Crippen MR) is 147 cm³/mol. The SMILES string of the molecule is COc1cccc(OC)c1-n1c(-c2cncc(Cl)c2)nc(O)c(C(=O)N2CCC(c3ccccc3C#N)C2)c1=O. The molecule has 3 heterocycles. The monoisotopic (exact) mass is 557 g/mol. The maximum absolute atomic E-state index is 14.2. The molecular formula is C29H24ClN5O5. The minimum Gasteiger partial charge on any atom is -0.494 e. The van der Waals surface area contributed by atoms with Crippen molar-refractivity contribution in [3.63, 3.8) is 0 Å². The molecule has 1 amide bonds. The molecule has 2 aromatic heterocycles. The van der Waals surface area contributed by atoms with Crippen molar-refractivity contribution in [2.75, 3.05) is 27.3 Å². The van der Waals surface area contributed by atoms with E-state index in [-0.39, 0.29) is 40.5 Å². The molecule has 1 N–H and O–H groups in total. The molecule has 1 aliphatic rings. The number of amides is 1. The van der Waals surface area contributed by atoms with E-state index in [1.807, 2.05) is 12.1 Å². The highest BCUT2D eigenvalue weighted by Crippen LogP contribution is 2.36. The Bertz CT molecular complexity index is 1690. The molecule has 0 spiro atoms. The van der Waals surface area contributed by atoms with E-state index in [0.29, 0.717) is 24.1 Å². The lowest BCUT2D eigenvalue weighted by atomic mass is 9.94. The van der Waals surface area contributed by atoms with Gasteiger partial charge in [0, 0.05) is 37.0 Å². The van der Waals surface area contributed by atoms with E-state index in [9.17, 15) is 20.0 Å². The first-order valence-corrected chi connectivity index (χ1v) is 12.7. The largest absolute Gasteiger partial charge is 0.494 e. The summed E-state index contributed by atoms with van der Waals surface area (Å²) in [6.45, 7) is 0.606. The molecule has 0 bridgehead atoms. The van der Waals surface area contributed by atoms with Crippen molar-refractivity contribution < 1.29 is 19.4 Å². The number of nitrogens with zero attached hydrogens (tertiary/aromatic N) is 5. The number of para-hydroxylation sites is 1. The maximum atomic E-state index is 14.2. The summed E-state index contributed by atoms with van der Waals surface area (Å²) >= 11 is 6.17. The summed E-state index contributed by atoms with van der Waals surface area (Å²) in [5.74, 6) is -0.959. The smallest absolute Gasteiger partial charge is 0.275 e. The van der Waals surface area contributed by atoms with Crippen LogP contribution in [0.25, 0.3) is 17.1 Å². The van der Waals surface area contributed by atoms with Crippen molar-refractivity contribution in [2.45, 2.75) is 12.3 Å². The van der Waals surface area contributed by atoms with Crippen molar-refractivity contribution in [2.24, 2.45) is 0 Å². The highest BCUT2D eigenvalue weighted by Gasteiger charge is 2.34. The van der Waals surface area contributed by atoms with Gasteiger partial charge in [0.2, 0.25) is 5.88 Å². The average Bonchev–Trinajstić information content (AvgIpc) is 3.47. The second-order valence-electron chi connectivity index (χ2n) is 9.11. The Morgan fingerprint density at radius 2 is 1.85 bits per heavy atom. The number of carbonyl (C=O) groups excluding carboxylic acids is 1. The van der Waals surface area contributed by atoms with Gasteiger partial charge in [0.05, 0.1) is 30.9 Å². The quantitative estimate of drug-likeness (QED) is 0.374. The molecule has 11 heteroatoms. The number of hydrogen-bond acceptors (Lipinski definition) is 8. The third kappa shape index (κ3) is 4.72. The molecule has 1 fully saturated rings. The van der Waals surface area contributed by atoms with Gasteiger partial charge in [0.1, 0.15) is 17.2 Å². The molecule has 0 radical (unpaired) electrons. The van der Waals surface area contributed by atoms with Gasteiger partial charge in [-0.1, -0.05) is 35.9 Å². The molecule has 4 aromatic rings. The topological polar surface area (TPSA) is 131 Å². The minimum absolute atomic E-state index is 0.0147. The van der Waals surface area contributed by atoms with E-state index in [0.717, 1.165) is 10.1 Å². The molecule has 2 aromatic carbocycles. The van der Waals surface area contributed by atoms with Crippen LogP contribution in [0.3, 0.4) is 0 Å². The van der Waals surface area contributed by atoms with Crippen molar-refractivity contribution in [1.29, 1.82) is 5.26 Å². The normalized spacial score (nSPS) is 14.6. The Hall–Kier alpha value is -4.88. The fraction of sp³-hybridized carbons (Fsp3) is 0.207. The van der Waals surface area contributed by atoms with E-state index in [1.54, 1.807) is 30.3 Å². The van der Waals surface area contributed by atoms with Gasteiger partial charge >= 0.3 is 0 Å². The zero-order valence-corrected chi connectivity index (χ0v) is 22.4. The van der Waals surface area contributed by atoms with Crippen LogP contribution in [0.1, 0.15) is 33.8 Å². The lowest BCUT2D eigenvalue weighted by Gasteiger charge is -2.21. The number of aromatic nitrogens is 3. The van der Waals surface area contributed by atoms with E-state index in [2.05, 4.69) is 16.0 Å². The fourth-order valence-corrected chi connectivity index (χ4v) is 5.17. The molecular weight excluding hydrogens is 534 g/mol. The van der Waals surface area contributed by atoms with E-state index in [1.165, 1.54) is 37.6 Å². The molecule has 0 saturated carbocycles. The molecule has 10 nitrogen and oxygen atoms in total. The van der Waals surface area contributed by atoms with Crippen molar-refractivity contribution in [1.82, 2.24) is 19.4 Å². The highest BCUT2D eigenvalue weighted by atomic mass is 35.5. The summed E-state index contributed by atoms with van der Waals surface area (Å²) in [5.41, 5.74) is 0.564. The summed E-state index contributed by atoms with van der Waals surface area (Å²) in [6.07, 6.45) is 3.45. The highest BCUT2D eigenvalue weighted by molar-refractivity contribution is 6.30. The minimum atomic E-state index is -0.823. The van der Waals surface area contributed by atoms with Gasteiger partial charge in [-0.2, -0.15) is 10.2 Å². The van der Waals surface area contributed by atoms with E-state index >= 15 is 0 Å². The van der Waals surface area contributed by atoms with Crippen LogP contribution in [-0.4, -0.2) is 57.8 Å². The molecule has 1 atom stereocenters. The third-order valence-electron chi connectivity index (χ3n) is 6.86. The van der Waals surface area contributed by atoms with Crippen LogP contribution in [0.5, 0.6) is 17.4 Å². The van der Waals surface area contributed by atoms with Crippen molar-refractivity contribution in [3.8, 4) is 40.5 Å². The Morgan fingerprint density at radius 1 is 1.12 bits per heavy atom. The second-order valence-corrected chi connectivity index (χ2v) is 9.55. The third-order valence-corrected chi connectivity index (χ3v) is 7.07. The van der Waals surface area contributed by atoms with Crippen LogP contribution >= 0.6 is 11.6 Å². The maximum Gasteiger partial charge on any atom is 0.275 e. The first kappa shape index (κ1) is 26.7. The molecule has 1 unspecified atom stereocenters. The number of halogens is 1. The molecule has 40 heavy (non-hydrogen) atoms. The van der Waals surface area contributed by atoms with Crippen LogP contribution < -0.4 is 15.0 Å². The summed E-state index contributed by atoms with van der Waals surface area (Å²) in [4.78, 5) is 37.8. The van der Waals surface area contributed by atoms with Crippen LogP contribution in [-0.2, 0) is 0 Å². The lowest BCUT2D eigenvalue weighted by molar-refractivity contribution is 0.0784. The number of benzene rings is 2. The van der Waals surface area contributed by atoms with Crippen molar-refractivity contribution in [3.05, 3.63) is 93.0 Å². The van der Waals surface area contributed by atoms with Gasteiger partial charge in [-0.05, 0) is 36.2 Å². The number of hydrogen-bond donors (Lipinski definition) is 1.